The zero-order chi connectivity index (χ0) is 20.3. The molecule has 0 unspecified atom stereocenters. The van der Waals surface area contributed by atoms with Gasteiger partial charge in [-0.15, -0.1) is 0 Å². The van der Waals surface area contributed by atoms with Crippen molar-refractivity contribution in [3.8, 4) is 11.3 Å². The van der Waals surface area contributed by atoms with Crippen LogP contribution in [0.1, 0.15) is 26.5 Å². The van der Waals surface area contributed by atoms with E-state index in [-0.39, 0.29) is 27.7 Å². The summed E-state index contributed by atoms with van der Waals surface area (Å²) >= 11 is 11.7. The van der Waals surface area contributed by atoms with E-state index in [2.05, 4.69) is 10.2 Å². The topological polar surface area (TPSA) is 112 Å². The maximum atomic E-state index is 11.2. The van der Waals surface area contributed by atoms with Gasteiger partial charge in [-0.1, -0.05) is 23.2 Å². The minimum absolute atomic E-state index is 0.0197. The molecule has 2 aromatic carbocycles. The maximum absolute atomic E-state index is 11.2. The number of carboxylic acid groups (broad SMARTS) is 2. The summed E-state index contributed by atoms with van der Waals surface area (Å²) in [6.45, 7) is 0.115. The number of hydrogen-bond acceptors (Lipinski definition) is 5. The van der Waals surface area contributed by atoms with Gasteiger partial charge in [-0.25, -0.2) is 9.59 Å². The number of hydrogen-bond donors (Lipinski definition) is 2. The fourth-order valence-electron chi connectivity index (χ4n) is 2.39. The van der Waals surface area contributed by atoms with Crippen LogP contribution >= 0.6 is 23.2 Å². The van der Waals surface area contributed by atoms with Crippen molar-refractivity contribution in [3.63, 3.8) is 0 Å². The maximum Gasteiger partial charge on any atom is 0.337 e. The zero-order valence-corrected chi connectivity index (χ0v) is 15.6. The van der Waals surface area contributed by atoms with E-state index >= 15 is 0 Å². The summed E-state index contributed by atoms with van der Waals surface area (Å²) in [4.78, 5) is 22.3. The van der Waals surface area contributed by atoms with Crippen LogP contribution in [-0.2, 0) is 6.54 Å². The summed E-state index contributed by atoms with van der Waals surface area (Å²) in [6.07, 6.45) is 0. The predicted molar refractivity (Wildman–Crippen MR) is 103 cm³/mol. The molecule has 0 aliphatic rings. The Hall–Kier alpha value is -3.16. The molecule has 0 fully saturated rings. The van der Waals surface area contributed by atoms with E-state index < -0.39 is 11.9 Å². The lowest BCUT2D eigenvalue weighted by molar-refractivity contribution is 0.0686. The van der Waals surface area contributed by atoms with Gasteiger partial charge in [-0.2, -0.15) is 10.2 Å². The molecule has 142 valence electrons. The molecular weight excluding hydrogens is 407 g/mol. The van der Waals surface area contributed by atoms with Crippen LogP contribution < -0.4 is 0 Å². The van der Waals surface area contributed by atoms with Crippen molar-refractivity contribution in [1.29, 1.82) is 0 Å². The molecule has 0 saturated heterocycles. The van der Waals surface area contributed by atoms with Crippen LogP contribution in [0.2, 0.25) is 10.0 Å². The predicted octanol–water partition coefficient (Wildman–Crippen LogP) is 5.93. The fraction of sp³-hybridized carbons (Fsp3) is 0.0526. The van der Waals surface area contributed by atoms with Crippen molar-refractivity contribution in [2.75, 3.05) is 0 Å². The van der Waals surface area contributed by atoms with E-state index in [0.29, 0.717) is 22.8 Å². The van der Waals surface area contributed by atoms with Gasteiger partial charge < -0.3 is 14.6 Å². The lowest BCUT2D eigenvalue weighted by Gasteiger charge is -2.02. The summed E-state index contributed by atoms with van der Waals surface area (Å²) in [5.74, 6) is -1.32. The van der Waals surface area contributed by atoms with E-state index in [4.69, 9.17) is 37.8 Å². The number of benzene rings is 2. The molecule has 0 saturated carbocycles. The minimum Gasteiger partial charge on any atom is -0.478 e. The Kier molecular flexibility index (Phi) is 5.77. The molecule has 0 aliphatic carbocycles. The highest BCUT2D eigenvalue weighted by Gasteiger charge is 2.13. The summed E-state index contributed by atoms with van der Waals surface area (Å²) in [5, 5.41) is 26.4. The monoisotopic (exact) mass is 418 g/mol. The van der Waals surface area contributed by atoms with E-state index in [1.807, 2.05) is 0 Å². The van der Waals surface area contributed by atoms with Gasteiger partial charge >= 0.3 is 11.9 Å². The van der Waals surface area contributed by atoms with E-state index in [1.54, 1.807) is 24.3 Å². The Morgan fingerprint density at radius 1 is 0.893 bits per heavy atom. The van der Waals surface area contributed by atoms with Gasteiger partial charge in [-0.3, -0.25) is 0 Å². The molecule has 1 heterocycles. The number of nitrogens with zero attached hydrogens (tertiary/aromatic N) is 2. The number of halogens is 2. The standard InChI is InChI=1S/C19H12Cl2N2O5/c20-15-4-1-10(7-13(15)18(24)25)17-6-3-12(28-17)9-22-23-11-2-5-16(21)14(8-11)19(26)27/h1-8H,9H2,(H,24,25)(H,26,27). The molecule has 3 aromatic rings. The molecule has 0 amide bonds. The Labute approximate surface area is 168 Å². The first kappa shape index (κ1) is 19.6. The highest BCUT2D eigenvalue weighted by atomic mass is 35.5. The molecule has 2 N–H and O–H groups in total. The highest BCUT2D eigenvalue weighted by Crippen LogP contribution is 2.28. The number of azo groups is 1. The third-order valence-corrected chi connectivity index (χ3v) is 4.40. The Balaban J connectivity index is 1.74. The van der Waals surface area contributed by atoms with Gasteiger partial charge in [0.05, 0.1) is 26.9 Å². The number of furan rings is 1. The smallest absolute Gasteiger partial charge is 0.337 e. The highest BCUT2D eigenvalue weighted by molar-refractivity contribution is 6.34. The van der Waals surface area contributed by atoms with Crippen LogP contribution in [0, 0.1) is 0 Å². The lowest BCUT2D eigenvalue weighted by atomic mass is 10.1. The average molecular weight is 419 g/mol. The van der Waals surface area contributed by atoms with Crippen molar-refractivity contribution in [2.45, 2.75) is 6.54 Å². The molecule has 0 aliphatic heterocycles. The van der Waals surface area contributed by atoms with Crippen molar-refractivity contribution in [2.24, 2.45) is 10.2 Å². The van der Waals surface area contributed by atoms with Crippen molar-refractivity contribution < 1.29 is 24.2 Å². The van der Waals surface area contributed by atoms with Crippen molar-refractivity contribution in [1.82, 2.24) is 0 Å². The first-order chi connectivity index (χ1) is 13.3. The van der Waals surface area contributed by atoms with Crippen LogP contribution in [0.3, 0.4) is 0 Å². The number of rotatable bonds is 6. The largest absolute Gasteiger partial charge is 0.478 e. The van der Waals surface area contributed by atoms with E-state index in [0.717, 1.165) is 0 Å². The molecule has 3 rings (SSSR count). The molecule has 0 spiro atoms. The third kappa shape index (κ3) is 4.39. The molecule has 7 nitrogen and oxygen atoms in total. The minimum atomic E-state index is -1.15. The first-order valence-electron chi connectivity index (χ1n) is 7.87. The Bertz CT molecular complexity index is 1090. The number of aromatic carboxylic acids is 2. The Morgan fingerprint density at radius 2 is 1.54 bits per heavy atom. The van der Waals surface area contributed by atoms with E-state index in [9.17, 15) is 9.59 Å². The normalized spacial score (nSPS) is 11.1. The molecule has 9 heteroatoms. The molecular formula is C19H12Cl2N2O5. The molecule has 0 atom stereocenters. The van der Waals surface area contributed by atoms with Gasteiger partial charge in [0.1, 0.15) is 18.1 Å². The van der Waals surface area contributed by atoms with Crippen LogP contribution in [0.25, 0.3) is 11.3 Å². The molecule has 1 aromatic heterocycles. The first-order valence-corrected chi connectivity index (χ1v) is 8.63. The quantitative estimate of drug-likeness (QED) is 0.481. The van der Waals surface area contributed by atoms with E-state index in [1.165, 1.54) is 24.3 Å². The van der Waals surface area contributed by atoms with Crippen molar-refractivity contribution >= 4 is 40.8 Å². The molecule has 0 radical (unpaired) electrons. The van der Waals surface area contributed by atoms with Gasteiger partial charge in [0.2, 0.25) is 0 Å². The van der Waals surface area contributed by atoms with Gasteiger partial charge in [0.25, 0.3) is 0 Å². The second kappa shape index (κ2) is 8.24. The van der Waals surface area contributed by atoms with Crippen LogP contribution in [0.4, 0.5) is 5.69 Å². The van der Waals surface area contributed by atoms with Crippen LogP contribution in [0.5, 0.6) is 0 Å². The summed E-state index contributed by atoms with van der Waals surface area (Å²) in [5.41, 5.74) is 0.829. The van der Waals surface area contributed by atoms with Gasteiger partial charge in [-0.05, 0) is 48.5 Å². The Morgan fingerprint density at radius 3 is 2.21 bits per heavy atom. The van der Waals surface area contributed by atoms with Crippen LogP contribution in [0.15, 0.2) is 63.2 Å². The van der Waals surface area contributed by atoms with Gasteiger partial charge in [0, 0.05) is 5.56 Å². The third-order valence-electron chi connectivity index (χ3n) is 3.74. The molecule has 28 heavy (non-hydrogen) atoms. The summed E-state index contributed by atoms with van der Waals surface area (Å²) in [6, 6.07) is 12.2. The average Bonchev–Trinajstić information content (AvgIpc) is 3.12. The molecule has 0 bridgehead atoms. The number of carboxylic acids is 2. The lowest BCUT2D eigenvalue weighted by Crippen LogP contribution is -1.97. The van der Waals surface area contributed by atoms with Crippen molar-refractivity contribution in [3.05, 3.63) is 75.5 Å². The number of carbonyl (C=O) groups is 2. The second-order valence-electron chi connectivity index (χ2n) is 5.63. The summed E-state index contributed by atoms with van der Waals surface area (Å²) < 4.78 is 5.66. The van der Waals surface area contributed by atoms with Gasteiger partial charge in [0.15, 0.2) is 0 Å². The zero-order valence-electron chi connectivity index (χ0n) is 14.1. The summed E-state index contributed by atoms with van der Waals surface area (Å²) in [7, 11) is 0. The van der Waals surface area contributed by atoms with Crippen LogP contribution in [-0.4, -0.2) is 22.2 Å². The second-order valence-corrected chi connectivity index (χ2v) is 6.45. The SMILES string of the molecule is O=C(O)c1cc(N=NCc2ccc(-c3ccc(Cl)c(C(=O)O)c3)o2)ccc1Cl. The fourth-order valence-corrected chi connectivity index (χ4v) is 2.78.